The first-order chi connectivity index (χ1) is 12.1. The predicted octanol–water partition coefficient (Wildman–Crippen LogP) is 0.818. The summed E-state index contributed by atoms with van der Waals surface area (Å²) in [7, 11) is -6.05. The Bertz CT molecular complexity index is 718. The van der Waals surface area contributed by atoms with E-state index < -0.39 is 63.7 Å². The SMILES string of the molecule is CC1(C)O[C@H]2[C@@H]([C@H]3COC(C)(C)O3)OC(=O)[C@H](OS(=O)(=O)C(F)(F)F)[C@H]2O1. The third kappa shape index (κ3) is 3.93. The molecule has 3 aliphatic heterocycles. The number of cyclic esters (lactones) is 1. The molecule has 0 amide bonds. The minimum Gasteiger partial charge on any atom is -0.455 e. The molecule has 3 fully saturated rings. The Balaban J connectivity index is 1.87. The molecule has 0 saturated carbocycles. The quantitative estimate of drug-likeness (QED) is 0.373. The Kier molecular flexibility index (Phi) is 4.80. The number of ether oxygens (including phenoxy) is 5. The number of carbonyl (C=O) groups excluding carboxylic acids is 1. The lowest BCUT2D eigenvalue weighted by Crippen LogP contribution is -2.59. The van der Waals surface area contributed by atoms with E-state index in [1.807, 2.05) is 0 Å². The van der Waals surface area contributed by atoms with Gasteiger partial charge < -0.3 is 23.7 Å². The van der Waals surface area contributed by atoms with Crippen molar-refractivity contribution >= 4 is 16.1 Å². The number of esters is 1. The third-order valence-electron chi connectivity index (χ3n) is 4.18. The number of halogens is 3. The van der Waals surface area contributed by atoms with E-state index >= 15 is 0 Å². The molecule has 27 heavy (non-hydrogen) atoms. The average Bonchev–Trinajstić information content (AvgIpc) is 2.99. The van der Waals surface area contributed by atoms with Gasteiger partial charge in [-0.2, -0.15) is 21.6 Å². The Morgan fingerprint density at radius 2 is 1.59 bits per heavy atom. The molecule has 0 spiro atoms. The molecule has 0 aromatic carbocycles. The highest BCUT2D eigenvalue weighted by atomic mass is 32.2. The maximum Gasteiger partial charge on any atom is 0.523 e. The zero-order valence-electron chi connectivity index (χ0n) is 14.8. The molecule has 0 aromatic heterocycles. The summed E-state index contributed by atoms with van der Waals surface area (Å²) < 4.78 is 92.0. The first-order valence-electron chi connectivity index (χ1n) is 7.99. The Labute approximate surface area is 153 Å². The van der Waals surface area contributed by atoms with Gasteiger partial charge in [0.1, 0.15) is 18.3 Å². The summed E-state index contributed by atoms with van der Waals surface area (Å²) in [4.78, 5) is 12.3. The first kappa shape index (κ1) is 20.7. The molecule has 0 unspecified atom stereocenters. The van der Waals surface area contributed by atoms with Gasteiger partial charge in [0.15, 0.2) is 17.7 Å². The molecule has 0 bridgehead atoms. The first-order valence-corrected chi connectivity index (χ1v) is 9.40. The van der Waals surface area contributed by atoms with Crippen LogP contribution in [0.2, 0.25) is 0 Å². The second-order valence-electron chi connectivity index (χ2n) is 7.25. The molecule has 3 saturated heterocycles. The molecule has 156 valence electrons. The van der Waals surface area contributed by atoms with Crippen LogP contribution in [0.4, 0.5) is 13.2 Å². The third-order valence-corrected chi connectivity index (χ3v) is 5.21. The highest BCUT2D eigenvalue weighted by Gasteiger charge is 2.62. The van der Waals surface area contributed by atoms with Gasteiger partial charge in [0.05, 0.1) is 6.61 Å². The van der Waals surface area contributed by atoms with E-state index in [0.29, 0.717) is 0 Å². The second-order valence-corrected chi connectivity index (χ2v) is 8.81. The molecule has 9 nitrogen and oxygen atoms in total. The number of hydrogen-bond acceptors (Lipinski definition) is 9. The van der Waals surface area contributed by atoms with Gasteiger partial charge in [0.2, 0.25) is 6.10 Å². The molecular weight excluding hydrogens is 401 g/mol. The zero-order chi connectivity index (χ0) is 20.4. The number of rotatable bonds is 3. The van der Waals surface area contributed by atoms with Crippen molar-refractivity contribution in [3.05, 3.63) is 0 Å². The van der Waals surface area contributed by atoms with E-state index in [1.54, 1.807) is 13.8 Å². The van der Waals surface area contributed by atoms with E-state index in [2.05, 4.69) is 4.18 Å². The van der Waals surface area contributed by atoms with Gasteiger partial charge in [0, 0.05) is 0 Å². The minimum atomic E-state index is -6.05. The van der Waals surface area contributed by atoms with Crippen LogP contribution < -0.4 is 0 Å². The van der Waals surface area contributed by atoms with E-state index in [0.717, 1.165) is 0 Å². The molecule has 5 atom stereocenters. The van der Waals surface area contributed by atoms with Gasteiger partial charge in [-0.3, -0.25) is 0 Å². The van der Waals surface area contributed by atoms with Crippen molar-refractivity contribution < 1.29 is 54.3 Å². The summed E-state index contributed by atoms with van der Waals surface area (Å²) in [6, 6.07) is 0. The van der Waals surface area contributed by atoms with Crippen molar-refractivity contribution in [1.82, 2.24) is 0 Å². The van der Waals surface area contributed by atoms with Crippen molar-refractivity contribution in [1.29, 1.82) is 0 Å². The van der Waals surface area contributed by atoms with Crippen LogP contribution in [0.5, 0.6) is 0 Å². The van der Waals surface area contributed by atoms with Crippen LogP contribution in [0.3, 0.4) is 0 Å². The summed E-state index contributed by atoms with van der Waals surface area (Å²) in [6.07, 6.45) is -6.60. The largest absolute Gasteiger partial charge is 0.523 e. The fraction of sp³-hybridized carbons (Fsp3) is 0.929. The number of fused-ring (bicyclic) bond motifs is 1. The summed E-state index contributed by atoms with van der Waals surface area (Å²) in [5.74, 6) is -3.61. The highest BCUT2D eigenvalue weighted by molar-refractivity contribution is 7.87. The van der Waals surface area contributed by atoms with Crippen molar-refractivity contribution in [2.24, 2.45) is 0 Å². The lowest BCUT2D eigenvalue weighted by atomic mass is 9.96. The summed E-state index contributed by atoms with van der Waals surface area (Å²) in [5.41, 5.74) is -5.71. The lowest BCUT2D eigenvalue weighted by molar-refractivity contribution is -0.207. The van der Waals surface area contributed by atoms with Crippen molar-refractivity contribution in [2.75, 3.05) is 6.61 Å². The van der Waals surface area contributed by atoms with Crippen LogP contribution in [0.15, 0.2) is 0 Å². The molecule has 0 aliphatic carbocycles. The fourth-order valence-electron chi connectivity index (χ4n) is 3.16. The molecule has 3 rings (SSSR count). The molecule has 0 N–H and O–H groups in total. The standard InChI is InChI=1S/C14H19F3O9S/c1-12(2)21-5-6(23-12)7-8-9(25-13(3,4)24-8)10(11(18)22-7)26-27(19,20)14(15,16)17/h6-10H,5H2,1-4H3/t6-,7-,8+,9+,10-/m1/s1. The van der Waals surface area contributed by atoms with Gasteiger partial charge >= 0.3 is 21.6 Å². The molecule has 13 heteroatoms. The molecule has 3 heterocycles. The van der Waals surface area contributed by atoms with Crippen molar-refractivity contribution in [2.45, 2.75) is 75.3 Å². The zero-order valence-corrected chi connectivity index (χ0v) is 15.6. The van der Waals surface area contributed by atoms with Gasteiger partial charge in [-0.25, -0.2) is 8.98 Å². The van der Waals surface area contributed by atoms with E-state index in [-0.39, 0.29) is 6.61 Å². The van der Waals surface area contributed by atoms with Crippen molar-refractivity contribution in [3.8, 4) is 0 Å². The minimum absolute atomic E-state index is 0.0321. The topological polar surface area (TPSA) is 107 Å². The second kappa shape index (κ2) is 6.26. The van der Waals surface area contributed by atoms with Crippen LogP contribution in [0.1, 0.15) is 27.7 Å². The summed E-state index contributed by atoms with van der Waals surface area (Å²) in [6.45, 7) is 6.21. The van der Waals surface area contributed by atoms with Crippen molar-refractivity contribution in [3.63, 3.8) is 0 Å². The molecule has 3 aliphatic rings. The van der Waals surface area contributed by atoms with Crippen LogP contribution in [0, 0.1) is 0 Å². The Morgan fingerprint density at radius 3 is 2.11 bits per heavy atom. The van der Waals surface area contributed by atoms with Gasteiger partial charge in [0.25, 0.3) is 0 Å². The fourth-order valence-corrected chi connectivity index (χ4v) is 3.73. The molecular formula is C14H19F3O9S. The Morgan fingerprint density at radius 1 is 1.00 bits per heavy atom. The van der Waals surface area contributed by atoms with Crippen LogP contribution in [-0.2, 0) is 42.8 Å². The maximum atomic E-state index is 12.6. The van der Waals surface area contributed by atoms with E-state index in [9.17, 15) is 26.4 Å². The van der Waals surface area contributed by atoms with Gasteiger partial charge in [-0.05, 0) is 27.7 Å². The Hall–Kier alpha value is -0.990. The number of hydrogen-bond donors (Lipinski definition) is 0. The van der Waals surface area contributed by atoms with Gasteiger partial charge in [-0.15, -0.1) is 0 Å². The smallest absolute Gasteiger partial charge is 0.455 e. The molecule has 0 aromatic rings. The van der Waals surface area contributed by atoms with Crippen LogP contribution in [-0.4, -0.2) is 68.6 Å². The normalized spacial score (nSPS) is 38.5. The average molecular weight is 420 g/mol. The summed E-state index contributed by atoms with van der Waals surface area (Å²) >= 11 is 0. The number of carbonyl (C=O) groups is 1. The maximum absolute atomic E-state index is 12.6. The van der Waals surface area contributed by atoms with Crippen LogP contribution >= 0.6 is 0 Å². The highest BCUT2D eigenvalue weighted by Crippen LogP contribution is 2.41. The monoisotopic (exact) mass is 420 g/mol. The summed E-state index contributed by atoms with van der Waals surface area (Å²) in [5, 5.41) is 0. The van der Waals surface area contributed by atoms with E-state index in [1.165, 1.54) is 13.8 Å². The van der Waals surface area contributed by atoms with Gasteiger partial charge in [-0.1, -0.05) is 0 Å². The number of alkyl halides is 3. The van der Waals surface area contributed by atoms with E-state index in [4.69, 9.17) is 23.7 Å². The van der Waals surface area contributed by atoms with Crippen LogP contribution in [0.25, 0.3) is 0 Å². The predicted molar refractivity (Wildman–Crippen MR) is 78.5 cm³/mol. The molecule has 0 radical (unpaired) electrons. The lowest BCUT2D eigenvalue weighted by Gasteiger charge is -2.37.